The Morgan fingerprint density at radius 3 is 2.61 bits per heavy atom. The van der Waals surface area contributed by atoms with Gasteiger partial charge < -0.3 is 27.0 Å². The van der Waals surface area contributed by atoms with Crippen LogP contribution in [0.25, 0.3) is 0 Å². The van der Waals surface area contributed by atoms with Crippen LogP contribution in [0.3, 0.4) is 0 Å². The number of benzene rings is 2. The Morgan fingerprint density at radius 2 is 1.88 bits per heavy atom. The zero-order valence-electron chi connectivity index (χ0n) is 19.3. The number of carbonyl (C=O) groups is 1. The molecule has 0 aliphatic rings. The first-order valence-electron chi connectivity index (χ1n) is 11.3. The highest BCUT2D eigenvalue weighted by atomic mass is 79.9. The van der Waals surface area contributed by atoms with E-state index in [0.29, 0.717) is 22.9 Å². The highest BCUT2D eigenvalue weighted by molar-refractivity contribution is 7.07. The topological polar surface area (TPSA) is 42.2 Å². The van der Waals surface area contributed by atoms with E-state index in [1.165, 1.54) is 37.8 Å². The zero-order chi connectivity index (χ0) is 22.8. The van der Waals surface area contributed by atoms with Crippen molar-refractivity contribution in [2.45, 2.75) is 58.9 Å². The van der Waals surface area contributed by atoms with Crippen LogP contribution >= 0.6 is 22.9 Å². The van der Waals surface area contributed by atoms with Gasteiger partial charge in [0.25, 0.3) is 5.91 Å². The standard InChI is InChI=1S/C26H31ClN2O2S.BrH/c1-3-4-5-6-7-8-14-31-25-13-12-22(16-24(25)27)26(30)28-23-11-9-10-21(15-23)17-29-19-32-18-20(29)2;/h9-13,15-16,18-19H,3-8,14,17H2,1-2H3;1H. The van der Waals surface area contributed by atoms with Gasteiger partial charge in [0, 0.05) is 23.7 Å². The molecule has 4 nitrogen and oxygen atoms in total. The smallest absolute Gasteiger partial charge is 0.255 e. The van der Waals surface area contributed by atoms with Gasteiger partial charge in [0.1, 0.15) is 5.75 Å². The first-order valence-corrected chi connectivity index (χ1v) is 12.6. The van der Waals surface area contributed by atoms with E-state index in [4.69, 9.17) is 16.3 Å². The van der Waals surface area contributed by atoms with Gasteiger partial charge in [0.15, 0.2) is 12.2 Å². The summed E-state index contributed by atoms with van der Waals surface area (Å²) in [4.78, 5) is 12.7. The third-order valence-corrected chi connectivity index (χ3v) is 6.52. The van der Waals surface area contributed by atoms with Crippen molar-refractivity contribution in [3.63, 3.8) is 0 Å². The van der Waals surface area contributed by atoms with Crippen LogP contribution in [0.1, 0.15) is 67.1 Å². The zero-order valence-corrected chi connectivity index (χ0v) is 22.4. The minimum Gasteiger partial charge on any atom is -1.00 e. The van der Waals surface area contributed by atoms with Gasteiger partial charge in [0.2, 0.25) is 5.51 Å². The van der Waals surface area contributed by atoms with E-state index in [0.717, 1.165) is 24.2 Å². The summed E-state index contributed by atoms with van der Waals surface area (Å²) >= 11 is 8.05. The number of ether oxygens (including phenoxy) is 1. The molecule has 0 unspecified atom stereocenters. The van der Waals surface area contributed by atoms with Crippen molar-refractivity contribution in [2.75, 3.05) is 11.9 Å². The number of hydrogen-bond acceptors (Lipinski definition) is 3. The van der Waals surface area contributed by atoms with E-state index in [-0.39, 0.29) is 22.9 Å². The van der Waals surface area contributed by atoms with Crippen molar-refractivity contribution in [1.82, 2.24) is 0 Å². The Morgan fingerprint density at radius 1 is 1.09 bits per heavy atom. The number of rotatable bonds is 12. The molecule has 0 spiro atoms. The van der Waals surface area contributed by atoms with Crippen LogP contribution in [0.15, 0.2) is 53.4 Å². The van der Waals surface area contributed by atoms with Crippen molar-refractivity contribution >= 4 is 34.5 Å². The summed E-state index contributed by atoms with van der Waals surface area (Å²) in [5, 5.41) is 5.55. The maximum atomic E-state index is 12.7. The van der Waals surface area contributed by atoms with Crippen LogP contribution in [0.2, 0.25) is 5.02 Å². The molecule has 0 aliphatic carbocycles. The van der Waals surface area contributed by atoms with Gasteiger partial charge in [-0.1, -0.05) is 74.1 Å². The average molecular weight is 552 g/mol. The second-order valence-corrected chi connectivity index (χ2v) is 9.17. The van der Waals surface area contributed by atoms with Gasteiger partial charge in [-0.3, -0.25) is 4.79 Å². The molecule has 1 amide bonds. The predicted octanol–water partition coefficient (Wildman–Crippen LogP) is 4.04. The number of nitrogens with one attached hydrogen (secondary N) is 1. The molecule has 3 aromatic rings. The second kappa shape index (κ2) is 14.4. The van der Waals surface area contributed by atoms with E-state index < -0.39 is 0 Å². The molecule has 0 saturated carbocycles. The lowest BCUT2D eigenvalue weighted by atomic mass is 10.1. The minimum atomic E-state index is -0.189. The lowest BCUT2D eigenvalue weighted by Crippen LogP contribution is -3.00. The van der Waals surface area contributed by atoms with E-state index >= 15 is 0 Å². The Hall–Kier alpha value is -1.89. The maximum Gasteiger partial charge on any atom is 0.255 e. The third-order valence-electron chi connectivity index (χ3n) is 5.37. The Bertz CT molecular complexity index is 1030. The molecule has 178 valence electrons. The molecule has 0 bridgehead atoms. The fraction of sp³-hybridized carbons (Fsp3) is 0.385. The molecule has 1 N–H and O–H groups in total. The quantitative estimate of drug-likeness (QED) is 0.273. The van der Waals surface area contributed by atoms with Crippen LogP contribution in [0.5, 0.6) is 5.75 Å². The van der Waals surface area contributed by atoms with E-state index in [1.807, 2.05) is 18.2 Å². The summed E-state index contributed by atoms with van der Waals surface area (Å²) in [6.07, 6.45) is 7.27. The summed E-state index contributed by atoms with van der Waals surface area (Å²) in [6, 6.07) is 13.1. The lowest BCUT2D eigenvalue weighted by molar-refractivity contribution is -0.689. The lowest BCUT2D eigenvalue weighted by Gasteiger charge is -2.10. The summed E-state index contributed by atoms with van der Waals surface area (Å²) in [5.41, 5.74) is 5.72. The number of carbonyl (C=O) groups excluding carboxylic acids is 1. The summed E-state index contributed by atoms with van der Waals surface area (Å²) in [5.74, 6) is 0.438. The van der Waals surface area contributed by atoms with Gasteiger partial charge >= 0.3 is 0 Å². The predicted molar refractivity (Wildman–Crippen MR) is 133 cm³/mol. The molecule has 33 heavy (non-hydrogen) atoms. The van der Waals surface area contributed by atoms with Crippen LogP contribution in [-0.4, -0.2) is 12.5 Å². The Labute approximate surface area is 216 Å². The largest absolute Gasteiger partial charge is 1.00 e. The molecule has 1 aromatic heterocycles. The fourth-order valence-corrected chi connectivity index (χ4v) is 4.50. The monoisotopic (exact) mass is 550 g/mol. The molecule has 0 atom stereocenters. The highest BCUT2D eigenvalue weighted by Crippen LogP contribution is 2.26. The summed E-state index contributed by atoms with van der Waals surface area (Å²) < 4.78 is 8.00. The van der Waals surface area contributed by atoms with Crippen molar-refractivity contribution < 1.29 is 31.1 Å². The number of nitrogens with zero attached hydrogens (tertiary/aromatic N) is 1. The second-order valence-electron chi connectivity index (χ2n) is 8.04. The number of aromatic nitrogens is 1. The molecule has 0 radical (unpaired) electrons. The number of halogens is 2. The van der Waals surface area contributed by atoms with Crippen molar-refractivity contribution in [3.05, 3.63) is 75.2 Å². The van der Waals surface area contributed by atoms with Crippen LogP contribution in [0, 0.1) is 6.92 Å². The number of hydrogen-bond donors (Lipinski definition) is 1. The SMILES string of the molecule is CCCCCCCCOc1ccc(C(=O)Nc2cccc(C[n+]3cscc3C)c2)cc1Cl.[Br-]. The number of thiazole rings is 1. The van der Waals surface area contributed by atoms with E-state index in [9.17, 15) is 4.79 Å². The molecule has 0 saturated heterocycles. The molecule has 3 rings (SSSR count). The van der Waals surface area contributed by atoms with Gasteiger partial charge in [-0.15, -0.1) is 0 Å². The Balaban J connectivity index is 0.00000385. The van der Waals surface area contributed by atoms with Crippen molar-refractivity contribution in [1.29, 1.82) is 0 Å². The molecular formula is C26H32BrClN2O2S. The first-order chi connectivity index (χ1) is 15.6. The van der Waals surface area contributed by atoms with E-state index in [1.54, 1.807) is 29.5 Å². The molecule has 2 aromatic carbocycles. The van der Waals surface area contributed by atoms with Crippen LogP contribution in [0.4, 0.5) is 5.69 Å². The molecule has 1 heterocycles. The maximum absolute atomic E-state index is 12.7. The number of aryl methyl sites for hydroxylation is 1. The number of amides is 1. The summed E-state index contributed by atoms with van der Waals surface area (Å²) in [6.45, 7) is 5.73. The molecule has 7 heteroatoms. The van der Waals surface area contributed by atoms with Gasteiger partial charge in [-0.2, -0.15) is 4.57 Å². The average Bonchev–Trinajstić information content (AvgIpc) is 3.18. The van der Waals surface area contributed by atoms with Crippen LogP contribution < -0.4 is 31.6 Å². The van der Waals surface area contributed by atoms with Crippen molar-refractivity contribution in [3.8, 4) is 5.75 Å². The molecular weight excluding hydrogens is 520 g/mol. The number of anilines is 1. The fourth-order valence-electron chi connectivity index (χ4n) is 3.49. The summed E-state index contributed by atoms with van der Waals surface area (Å²) in [7, 11) is 0. The van der Waals surface area contributed by atoms with Crippen LogP contribution in [-0.2, 0) is 6.54 Å². The van der Waals surface area contributed by atoms with Gasteiger partial charge in [-0.05, 0) is 36.8 Å². The van der Waals surface area contributed by atoms with Gasteiger partial charge in [0.05, 0.1) is 17.0 Å². The van der Waals surface area contributed by atoms with Gasteiger partial charge in [-0.25, -0.2) is 0 Å². The minimum absolute atomic E-state index is 0. The van der Waals surface area contributed by atoms with Crippen molar-refractivity contribution in [2.24, 2.45) is 0 Å². The number of unbranched alkanes of at least 4 members (excludes halogenated alkanes) is 5. The first kappa shape index (κ1) is 27.4. The molecule has 0 aliphatic heterocycles. The highest BCUT2D eigenvalue weighted by Gasteiger charge is 2.12. The van der Waals surface area contributed by atoms with E-state index in [2.05, 4.69) is 40.7 Å². The Kier molecular flexibility index (Phi) is 11.9. The molecule has 0 fully saturated rings. The normalized spacial score (nSPS) is 10.5. The third kappa shape index (κ3) is 8.76.